The summed E-state index contributed by atoms with van der Waals surface area (Å²) < 4.78 is 5.59. The van der Waals surface area contributed by atoms with Crippen molar-refractivity contribution in [3.8, 4) is 11.1 Å². The van der Waals surface area contributed by atoms with Gasteiger partial charge < -0.3 is 20.9 Å². The first kappa shape index (κ1) is 16.2. The molecule has 0 heterocycles. The summed E-state index contributed by atoms with van der Waals surface area (Å²) in [6.07, 6.45) is -0.473. The number of carboxylic acid groups (broad SMARTS) is 1. The summed E-state index contributed by atoms with van der Waals surface area (Å²) in [6.45, 7) is 1.21. The van der Waals surface area contributed by atoms with E-state index in [-0.39, 0.29) is 5.91 Å². The molecule has 3 rings (SSSR count). The highest BCUT2D eigenvalue weighted by molar-refractivity contribution is 5.95. The van der Waals surface area contributed by atoms with Crippen LogP contribution < -0.4 is 11.1 Å². The van der Waals surface area contributed by atoms with Gasteiger partial charge in [-0.1, -0.05) is 30.3 Å². The van der Waals surface area contributed by atoms with Crippen molar-refractivity contribution >= 4 is 17.6 Å². The molecule has 124 valence electrons. The lowest BCUT2D eigenvalue weighted by molar-refractivity contribution is -0.143. The van der Waals surface area contributed by atoms with Crippen molar-refractivity contribution in [3.63, 3.8) is 0 Å². The molecule has 0 bridgehead atoms. The van der Waals surface area contributed by atoms with Crippen molar-refractivity contribution in [3.05, 3.63) is 53.6 Å². The summed E-state index contributed by atoms with van der Waals surface area (Å²) >= 11 is 0. The normalized spacial score (nSPS) is 16.2. The molecule has 24 heavy (non-hydrogen) atoms. The molecule has 0 spiro atoms. The van der Waals surface area contributed by atoms with Gasteiger partial charge in [-0.25, -0.2) is 4.79 Å². The van der Waals surface area contributed by atoms with Crippen LogP contribution in [0.1, 0.15) is 24.2 Å². The van der Waals surface area contributed by atoms with Crippen LogP contribution in [0.2, 0.25) is 0 Å². The number of hydrogen-bond acceptors (Lipinski definition) is 4. The van der Waals surface area contributed by atoms with E-state index in [0.717, 1.165) is 22.3 Å². The SMILES string of the molecule is CC(N)C(=O)Nc1ccc2c(c1)C(OCC(=O)O)c1ccccc1-2. The predicted octanol–water partition coefficient (Wildman–Crippen LogP) is 2.14. The average molecular weight is 326 g/mol. The zero-order chi connectivity index (χ0) is 17.3. The van der Waals surface area contributed by atoms with E-state index >= 15 is 0 Å². The van der Waals surface area contributed by atoms with Crippen LogP contribution in [-0.4, -0.2) is 29.6 Å². The Labute approximate surface area is 139 Å². The largest absolute Gasteiger partial charge is 0.480 e. The molecular formula is C18H18N2O4. The number of benzene rings is 2. The number of nitrogens with two attached hydrogens (primary N) is 1. The topological polar surface area (TPSA) is 102 Å². The quantitative estimate of drug-likeness (QED) is 0.781. The highest BCUT2D eigenvalue weighted by atomic mass is 16.5. The fraction of sp³-hybridized carbons (Fsp3) is 0.222. The third-order valence-electron chi connectivity index (χ3n) is 3.92. The van der Waals surface area contributed by atoms with E-state index in [1.807, 2.05) is 36.4 Å². The molecule has 4 N–H and O–H groups in total. The Bertz CT molecular complexity index is 801. The first-order chi connectivity index (χ1) is 11.5. The molecule has 0 aromatic heterocycles. The van der Waals surface area contributed by atoms with E-state index in [9.17, 15) is 9.59 Å². The standard InChI is InChI=1S/C18H18N2O4/c1-10(19)18(23)20-11-6-7-13-12-4-2-3-5-14(12)17(15(13)8-11)24-9-16(21)22/h2-8,10,17H,9,19H2,1H3,(H,20,23)(H,21,22). The Hall–Kier alpha value is -2.70. The molecule has 1 aliphatic rings. The zero-order valence-corrected chi connectivity index (χ0v) is 13.2. The lowest BCUT2D eigenvalue weighted by atomic mass is 10.1. The third kappa shape index (κ3) is 3.02. The van der Waals surface area contributed by atoms with Gasteiger partial charge in [-0.05, 0) is 41.3 Å². The summed E-state index contributed by atoms with van der Waals surface area (Å²) in [5.41, 5.74) is 9.91. The summed E-state index contributed by atoms with van der Waals surface area (Å²) in [4.78, 5) is 22.7. The van der Waals surface area contributed by atoms with Gasteiger partial charge in [0.25, 0.3) is 0 Å². The van der Waals surface area contributed by atoms with Gasteiger partial charge >= 0.3 is 5.97 Å². The number of aliphatic carboxylic acids is 1. The van der Waals surface area contributed by atoms with Gasteiger partial charge in [-0.2, -0.15) is 0 Å². The van der Waals surface area contributed by atoms with E-state index in [1.54, 1.807) is 13.0 Å². The maximum atomic E-state index is 11.8. The number of rotatable bonds is 5. The van der Waals surface area contributed by atoms with E-state index in [0.29, 0.717) is 5.69 Å². The second-order valence-corrected chi connectivity index (χ2v) is 5.75. The molecule has 2 aromatic carbocycles. The number of hydrogen-bond donors (Lipinski definition) is 3. The number of ether oxygens (including phenoxy) is 1. The van der Waals surface area contributed by atoms with Crippen LogP contribution in [0.3, 0.4) is 0 Å². The minimum Gasteiger partial charge on any atom is -0.480 e. The fourth-order valence-electron chi connectivity index (χ4n) is 2.83. The van der Waals surface area contributed by atoms with Crippen LogP contribution in [0.15, 0.2) is 42.5 Å². The van der Waals surface area contributed by atoms with Crippen molar-refractivity contribution < 1.29 is 19.4 Å². The van der Waals surface area contributed by atoms with Crippen LogP contribution in [0.4, 0.5) is 5.69 Å². The van der Waals surface area contributed by atoms with Crippen LogP contribution in [0, 0.1) is 0 Å². The molecule has 0 saturated heterocycles. The van der Waals surface area contributed by atoms with Crippen molar-refractivity contribution in [2.45, 2.75) is 19.1 Å². The minimum atomic E-state index is -1.03. The Morgan fingerprint density at radius 3 is 2.62 bits per heavy atom. The maximum absolute atomic E-state index is 11.8. The molecule has 1 amide bonds. The van der Waals surface area contributed by atoms with E-state index in [1.165, 1.54) is 0 Å². The maximum Gasteiger partial charge on any atom is 0.329 e. The number of nitrogens with one attached hydrogen (secondary N) is 1. The molecular weight excluding hydrogens is 308 g/mol. The van der Waals surface area contributed by atoms with Crippen molar-refractivity contribution in [2.24, 2.45) is 5.73 Å². The Morgan fingerprint density at radius 2 is 1.92 bits per heavy atom. The summed E-state index contributed by atoms with van der Waals surface area (Å²) in [7, 11) is 0. The van der Waals surface area contributed by atoms with Crippen molar-refractivity contribution in [1.29, 1.82) is 0 Å². The molecule has 0 saturated carbocycles. The van der Waals surface area contributed by atoms with Gasteiger partial charge in [0.2, 0.25) is 5.91 Å². The summed E-state index contributed by atoms with van der Waals surface area (Å²) in [6, 6.07) is 12.6. The second kappa shape index (κ2) is 6.43. The van der Waals surface area contributed by atoms with Gasteiger partial charge in [0.1, 0.15) is 12.7 Å². The molecule has 2 aromatic rings. The minimum absolute atomic E-state index is 0.284. The van der Waals surface area contributed by atoms with Gasteiger partial charge in [-0.15, -0.1) is 0 Å². The van der Waals surface area contributed by atoms with E-state index in [2.05, 4.69) is 5.32 Å². The zero-order valence-electron chi connectivity index (χ0n) is 13.2. The first-order valence-corrected chi connectivity index (χ1v) is 7.60. The third-order valence-corrected chi connectivity index (χ3v) is 3.92. The Morgan fingerprint density at radius 1 is 1.21 bits per heavy atom. The molecule has 6 heteroatoms. The van der Waals surface area contributed by atoms with Crippen LogP contribution in [-0.2, 0) is 14.3 Å². The molecule has 2 atom stereocenters. The van der Waals surface area contributed by atoms with Gasteiger partial charge in [0.15, 0.2) is 0 Å². The highest BCUT2D eigenvalue weighted by Gasteiger charge is 2.30. The molecule has 2 unspecified atom stereocenters. The van der Waals surface area contributed by atoms with Gasteiger partial charge in [0, 0.05) is 5.69 Å². The average Bonchev–Trinajstić information content (AvgIpc) is 2.86. The smallest absolute Gasteiger partial charge is 0.329 e. The number of fused-ring (bicyclic) bond motifs is 3. The second-order valence-electron chi connectivity index (χ2n) is 5.75. The fourth-order valence-corrected chi connectivity index (χ4v) is 2.83. The Balaban J connectivity index is 1.97. The van der Waals surface area contributed by atoms with Crippen LogP contribution in [0.25, 0.3) is 11.1 Å². The van der Waals surface area contributed by atoms with Crippen LogP contribution in [0.5, 0.6) is 0 Å². The lowest BCUT2D eigenvalue weighted by Crippen LogP contribution is -2.32. The number of anilines is 1. The molecule has 1 aliphatic carbocycles. The van der Waals surface area contributed by atoms with Crippen LogP contribution >= 0.6 is 0 Å². The Kier molecular flexibility index (Phi) is 4.33. The van der Waals surface area contributed by atoms with Crippen molar-refractivity contribution in [1.82, 2.24) is 0 Å². The predicted molar refractivity (Wildman–Crippen MR) is 89.6 cm³/mol. The molecule has 0 aliphatic heterocycles. The molecule has 0 fully saturated rings. The first-order valence-electron chi connectivity index (χ1n) is 7.60. The molecule has 0 radical (unpaired) electrons. The lowest BCUT2D eigenvalue weighted by Gasteiger charge is -2.15. The van der Waals surface area contributed by atoms with Gasteiger partial charge in [0.05, 0.1) is 6.04 Å². The van der Waals surface area contributed by atoms with Gasteiger partial charge in [-0.3, -0.25) is 4.79 Å². The van der Waals surface area contributed by atoms with E-state index in [4.69, 9.17) is 15.6 Å². The highest BCUT2D eigenvalue weighted by Crippen LogP contribution is 2.46. The number of carbonyl (C=O) groups is 2. The molecule has 6 nitrogen and oxygen atoms in total. The number of amides is 1. The van der Waals surface area contributed by atoms with E-state index < -0.39 is 24.7 Å². The number of carboxylic acids is 1. The summed E-state index contributed by atoms with van der Waals surface area (Å²) in [5, 5.41) is 11.7. The summed E-state index contributed by atoms with van der Waals surface area (Å²) in [5.74, 6) is -1.31. The van der Waals surface area contributed by atoms with Crippen molar-refractivity contribution in [2.75, 3.05) is 11.9 Å². The number of carbonyl (C=O) groups excluding carboxylic acids is 1. The monoisotopic (exact) mass is 326 g/mol.